The smallest absolute Gasteiger partial charge is 0.305 e. The van der Waals surface area contributed by atoms with Crippen molar-refractivity contribution >= 4 is 35.9 Å². The molecule has 146 valence electrons. The maximum atomic E-state index is 11.1. The molecule has 0 unspecified atom stereocenters. The van der Waals surface area contributed by atoms with Crippen molar-refractivity contribution in [1.29, 1.82) is 0 Å². The molecule has 0 bridgehead atoms. The number of esters is 1. The molecule has 0 amide bonds. The fraction of sp³-hybridized carbons (Fsp3) is 0.600. The number of benzene rings is 1. The first-order valence-electron chi connectivity index (χ1n) is 9.35. The highest BCUT2D eigenvalue weighted by Gasteiger charge is 2.38. The standard InChI is InChI=1S/C20H31N3O2.HI/c1-3-21-19(22-15-8-7-12-18(24)25-2)23-16-20(13-9-14-20)17-10-5-4-6-11-17;/h4-6,10-11H,3,7-9,12-16H2,1-2H3,(H2,21,22,23);1H. The summed E-state index contributed by atoms with van der Waals surface area (Å²) in [6, 6.07) is 10.7. The van der Waals surface area contributed by atoms with Crippen molar-refractivity contribution in [1.82, 2.24) is 10.6 Å². The van der Waals surface area contributed by atoms with Gasteiger partial charge in [0.1, 0.15) is 0 Å². The second-order valence-electron chi connectivity index (χ2n) is 6.66. The lowest BCUT2D eigenvalue weighted by molar-refractivity contribution is -0.140. The number of rotatable bonds is 9. The molecule has 2 rings (SSSR count). The normalized spacial score (nSPS) is 15.4. The van der Waals surface area contributed by atoms with Gasteiger partial charge in [-0.25, -0.2) is 0 Å². The van der Waals surface area contributed by atoms with Crippen molar-refractivity contribution in [2.75, 3.05) is 26.7 Å². The van der Waals surface area contributed by atoms with E-state index in [9.17, 15) is 4.79 Å². The number of nitrogens with one attached hydrogen (secondary N) is 2. The topological polar surface area (TPSA) is 62.7 Å². The first-order valence-corrected chi connectivity index (χ1v) is 9.35. The number of ether oxygens (including phenoxy) is 1. The van der Waals surface area contributed by atoms with Gasteiger partial charge in [-0.1, -0.05) is 36.8 Å². The van der Waals surface area contributed by atoms with Crippen LogP contribution in [-0.4, -0.2) is 38.7 Å². The summed E-state index contributed by atoms with van der Waals surface area (Å²) in [5.74, 6) is 0.720. The first-order chi connectivity index (χ1) is 12.2. The lowest BCUT2D eigenvalue weighted by Crippen LogP contribution is -2.42. The summed E-state index contributed by atoms with van der Waals surface area (Å²) in [7, 11) is 1.43. The number of hydrogen-bond donors (Lipinski definition) is 2. The fourth-order valence-corrected chi connectivity index (χ4v) is 3.21. The molecule has 0 saturated heterocycles. The van der Waals surface area contributed by atoms with E-state index in [1.54, 1.807) is 0 Å². The number of guanidine groups is 1. The average molecular weight is 473 g/mol. The minimum absolute atomic E-state index is 0. The second-order valence-corrected chi connectivity index (χ2v) is 6.66. The lowest BCUT2D eigenvalue weighted by Gasteiger charge is -2.41. The van der Waals surface area contributed by atoms with Gasteiger partial charge in [0.05, 0.1) is 13.7 Å². The molecule has 1 aromatic rings. The largest absolute Gasteiger partial charge is 0.469 e. The van der Waals surface area contributed by atoms with Crippen LogP contribution in [0.15, 0.2) is 35.3 Å². The van der Waals surface area contributed by atoms with E-state index in [1.165, 1.54) is 31.9 Å². The van der Waals surface area contributed by atoms with Crippen LogP contribution in [0.4, 0.5) is 0 Å². The molecule has 0 radical (unpaired) electrons. The number of carbonyl (C=O) groups is 1. The Labute approximate surface area is 174 Å². The van der Waals surface area contributed by atoms with E-state index in [1.807, 2.05) is 0 Å². The molecule has 1 aromatic carbocycles. The van der Waals surface area contributed by atoms with Crippen molar-refractivity contribution in [3.8, 4) is 0 Å². The highest BCUT2D eigenvalue weighted by Crippen LogP contribution is 2.43. The van der Waals surface area contributed by atoms with Crippen LogP contribution in [0.25, 0.3) is 0 Å². The van der Waals surface area contributed by atoms with Gasteiger partial charge in [0, 0.05) is 24.9 Å². The monoisotopic (exact) mass is 473 g/mol. The van der Waals surface area contributed by atoms with E-state index in [0.717, 1.165) is 38.4 Å². The third-order valence-corrected chi connectivity index (χ3v) is 4.91. The number of aliphatic imine (C=N–C) groups is 1. The third kappa shape index (κ3) is 6.78. The quantitative estimate of drug-likeness (QED) is 0.189. The van der Waals surface area contributed by atoms with Crippen LogP contribution in [0.3, 0.4) is 0 Å². The Morgan fingerprint density at radius 2 is 1.92 bits per heavy atom. The van der Waals surface area contributed by atoms with Gasteiger partial charge in [-0.2, -0.15) is 0 Å². The Morgan fingerprint density at radius 3 is 2.50 bits per heavy atom. The van der Waals surface area contributed by atoms with Crippen molar-refractivity contribution in [3.63, 3.8) is 0 Å². The van der Waals surface area contributed by atoms with Crippen molar-refractivity contribution in [2.24, 2.45) is 4.99 Å². The van der Waals surface area contributed by atoms with Crippen LogP contribution in [0.2, 0.25) is 0 Å². The van der Waals surface area contributed by atoms with E-state index in [2.05, 4.69) is 52.6 Å². The third-order valence-electron chi connectivity index (χ3n) is 4.91. The Hall–Kier alpha value is -1.31. The summed E-state index contributed by atoms with van der Waals surface area (Å²) >= 11 is 0. The van der Waals surface area contributed by atoms with Gasteiger partial charge >= 0.3 is 5.97 Å². The lowest BCUT2D eigenvalue weighted by atomic mass is 9.64. The molecule has 0 heterocycles. The van der Waals surface area contributed by atoms with E-state index in [4.69, 9.17) is 4.99 Å². The molecule has 0 aromatic heterocycles. The zero-order valence-electron chi connectivity index (χ0n) is 15.9. The molecule has 1 aliphatic carbocycles. The summed E-state index contributed by atoms with van der Waals surface area (Å²) in [6.45, 7) is 4.53. The van der Waals surface area contributed by atoms with Crippen LogP contribution in [0.5, 0.6) is 0 Å². The Kier molecular flexibility index (Phi) is 10.6. The second kappa shape index (κ2) is 12.1. The molecule has 0 spiro atoms. The van der Waals surface area contributed by atoms with Crippen molar-refractivity contribution < 1.29 is 9.53 Å². The molecule has 2 N–H and O–H groups in total. The summed E-state index contributed by atoms with van der Waals surface area (Å²) in [6.07, 6.45) is 5.92. The molecule has 0 atom stereocenters. The molecule has 1 aliphatic rings. The molecular weight excluding hydrogens is 441 g/mol. The van der Waals surface area contributed by atoms with Crippen LogP contribution >= 0.6 is 24.0 Å². The predicted octanol–water partition coefficient (Wildman–Crippen LogP) is 3.62. The number of unbranched alkanes of at least 4 members (excludes halogenated alkanes) is 1. The van der Waals surface area contributed by atoms with Crippen molar-refractivity contribution in [2.45, 2.75) is 50.9 Å². The number of nitrogens with zero attached hydrogens (tertiary/aromatic N) is 1. The summed E-state index contributed by atoms with van der Waals surface area (Å²) in [4.78, 5) is 16.0. The number of methoxy groups -OCH3 is 1. The molecule has 6 heteroatoms. The van der Waals surface area contributed by atoms with Gasteiger partial charge in [-0.3, -0.25) is 9.79 Å². The zero-order valence-corrected chi connectivity index (χ0v) is 18.3. The van der Waals surface area contributed by atoms with Gasteiger partial charge in [0.2, 0.25) is 0 Å². The zero-order chi connectivity index (χ0) is 18.0. The maximum Gasteiger partial charge on any atom is 0.305 e. The molecule has 26 heavy (non-hydrogen) atoms. The maximum absolute atomic E-state index is 11.1. The van der Waals surface area contributed by atoms with Gasteiger partial charge in [-0.05, 0) is 38.2 Å². The van der Waals surface area contributed by atoms with Crippen LogP contribution in [0.1, 0.15) is 51.0 Å². The van der Waals surface area contributed by atoms with Crippen LogP contribution in [-0.2, 0) is 14.9 Å². The predicted molar refractivity (Wildman–Crippen MR) is 117 cm³/mol. The number of hydrogen-bond acceptors (Lipinski definition) is 3. The molecule has 5 nitrogen and oxygen atoms in total. The van der Waals surface area contributed by atoms with E-state index < -0.39 is 0 Å². The molecule has 1 fully saturated rings. The Balaban J connectivity index is 0.00000338. The summed E-state index contributed by atoms with van der Waals surface area (Å²) in [5, 5.41) is 6.68. The minimum Gasteiger partial charge on any atom is -0.469 e. The van der Waals surface area contributed by atoms with Gasteiger partial charge in [0.25, 0.3) is 0 Å². The van der Waals surface area contributed by atoms with Gasteiger partial charge < -0.3 is 15.4 Å². The number of carbonyl (C=O) groups excluding carboxylic acids is 1. The number of halogens is 1. The SMILES string of the molecule is CCNC(=NCC1(c2ccccc2)CCC1)NCCCCC(=O)OC.I. The fourth-order valence-electron chi connectivity index (χ4n) is 3.21. The van der Waals surface area contributed by atoms with Crippen molar-refractivity contribution in [3.05, 3.63) is 35.9 Å². The van der Waals surface area contributed by atoms with E-state index >= 15 is 0 Å². The Morgan fingerprint density at radius 1 is 1.19 bits per heavy atom. The summed E-state index contributed by atoms with van der Waals surface area (Å²) < 4.78 is 4.66. The van der Waals surface area contributed by atoms with Gasteiger partial charge in [0.15, 0.2) is 5.96 Å². The van der Waals surface area contributed by atoms with E-state index in [-0.39, 0.29) is 35.4 Å². The van der Waals surface area contributed by atoms with Crippen LogP contribution < -0.4 is 10.6 Å². The first kappa shape index (κ1) is 22.7. The highest BCUT2D eigenvalue weighted by atomic mass is 127. The molecular formula is C20H32IN3O2. The minimum atomic E-state index is -0.143. The molecule has 1 saturated carbocycles. The highest BCUT2D eigenvalue weighted by molar-refractivity contribution is 14.0. The van der Waals surface area contributed by atoms with Gasteiger partial charge in [-0.15, -0.1) is 24.0 Å². The molecule has 0 aliphatic heterocycles. The van der Waals surface area contributed by atoms with E-state index in [0.29, 0.717) is 6.42 Å². The van der Waals surface area contributed by atoms with Crippen LogP contribution in [0, 0.1) is 0 Å². The average Bonchev–Trinajstić information content (AvgIpc) is 2.61. The Bertz CT molecular complexity index is 559. The summed E-state index contributed by atoms with van der Waals surface area (Å²) in [5.41, 5.74) is 1.60.